The Bertz CT molecular complexity index is 948. The van der Waals surface area contributed by atoms with E-state index in [1.165, 1.54) is 4.90 Å². The van der Waals surface area contributed by atoms with E-state index < -0.39 is 0 Å². The van der Waals surface area contributed by atoms with Gasteiger partial charge in [-0.25, -0.2) is 0 Å². The molecule has 2 amide bonds. The number of benzene rings is 2. The molecule has 0 N–H and O–H groups in total. The molecule has 0 spiro atoms. The van der Waals surface area contributed by atoms with Crippen molar-refractivity contribution in [3.8, 4) is 17.6 Å². The minimum absolute atomic E-state index is 0.0249. The van der Waals surface area contributed by atoms with Crippen LogP contribution in [0.4, 0.5) is 4.79 Å². The molecule has 142 valence electrons. The number of ether oxygens (including phenoxy) is 2. The van der Waals surface area contributed by atoms with Crippen molar-refractivity contribution in [1.82, 2.24) is 4.90 Å². The number of nitrogens with zero attached hydrogens (tertiary/aromatic N) is 2. The molecule has 6 nitrogen and oxygen atoms in total. The second kappa shape index (κ2) is 9.11. The van der Waals surface area contributed by atoms with Crippen LogP contribution in [0, 0.1) is 18.3 Å². The van der Waals surface area contributed by atoms with E-state index in [4.69, 9.17) is 14.7 Å². The molecule has 0 saturated carbocycles. The Balaban J connectivity index is 1.59. The van der Waals surface area contributed by atoms with Crippen LogP contribution in [0.15, 0.2) is 53.4 Å². The van der Waals surface area contributed by atoms with Gasteiger partial charge in [0.15, 0.2) is 6.61 Å². The number of rotatable bonds is 7. The highest BCUT2D eigenvalue weighted by Gasteiger charge is 2.34. The van der Waals surface area contributed by atoms with Crippen LogP contribution in [-0.2, 0) is 4.79 Å². The van der Waals surface area contributed by atoms with Gasteiger partial charge in [0.05, 0.1) is 11.4 Å². The Labute approximate surface area is 167 Å². The Morgan fingerprint density at radius 3 is 2.61 bits per heavy atom. The number of nitriles is 1. The molecule has 1 aliphatic heterocycles. The third-order valence-corrected chi connectivity index (χ3v) is 4.84. The summed E-state index contributed by atoms with van der Waals surface area (Å²) in [6.45, 7) is 2.37. The second-order valence-electron chi connectivity index (χ2n) is 6.01. The molecular formula is C21H18N2O4S. The maximum atomic E-state index is 12.5. The predicted molar refractivity (Wildman–Crippen MR) is 107 cm³/mol. The number of carbonyl (C=O) groups excluding carboxylic acids is 2. The zero-order valence-electron chi connectivity index (χ0n) is 15.3. The summed E-state index contributed by atoms with van der Waals surface area (Å²) in [6, 6.07) is 16.5. The Morgan fingerprint density at radius 1 is 1.11 bits per heavy atom. The first-order valence-electron chi connectivity index (χ1n) is 8.61. The van der Waals surface area contributed by atoms with E-state index in [9.17, 15) is 9.59 Å². The number of imide groups is 1. The van der Waals surface area contributed by atoms with Crippen LogP contribution < -0.4 is 9.47 Å². The Morgan fingerprint density at radius 2 is 1.89 bits per heavy atom. The van der Waals surface area contributed by atoms with Gasteiger partial charge < -0.3 is 9.47 Å². The fourth-order valence-corrected chi connectivity index (χ4v) is 3.44. The normalized spacial score (nSPS) is 15.0. The van der Waals surface area contributed by atoms with E-state index >= 15 is 0 Å². The zero-order chi connectivity index (χ0) is 19.9. The van der Waals surface area contributed by atoms with Crippen LogP contribution >= 0.6 is 11.8 Å². The fraction of sp³-hybridized carbons (Fsp3) is 0.190. The molecule has 1 aliphatic rings. The first-order valence-corrected chi connectivity index (χ1v) is 9.43. The summed E-state index contributed by atoms with van der Waals surface area (Å²) in [5, 5.41) is 8.21. The minimum atomic E-state index is -0.326. The summed E-state index contributed by atoms with van der Waals surface area (Å²) in [7, 11) is 0. The standard InChI is InChI=1S/C21H18N2O4S/c1-15-3-2-4-18(13-15)27-12-10-23-20(24)19(28-21(23)25)14-16-5-7-17(8-6-16)26-11-9-22/h2-8,13-14H,10-12H2,1H3/b19-14-. The topological polar surface area (TPSA) is 79.6 Å². The lowest BCUT2D eigenvalue weighted by molar-refractivity contribution is -0.123. The van der Waals surface area contributed by atoms with Crippen molar-refractivity contribution in [3.63, 3.8) is 0 Å². The molecule has 0 unspecified atom stereocenters. The first kappa shape index (κ1) is 19.5. The molecular weight excluding hydrogens is 376 g/mol. The average molecular weight is 394 g/mol. The van der Waals surface area contributed by atoms with E-state index in [1.807, 2.05) is 37.3 Å². The van der Waals surface area contributed by atoms with Gasteiger partial charge in [0, 0.05) is 0 Å². The lowest BCUT2D eigenvalue weighted by atomic mass is 10.2. The number of hydrogen-bond acceptors (Lipinski definition) is 6. The van der Waals surface area contributed by atoms with E-state index in [0.717, 1.165) is 22.9 Å². The second-order valence-corrected chi connectivity index (χ2v) is 7.01. The van der Waals surface area contributed by atoms with Crippen LogP contribution in [0.5, 0.6) is 11.5 Å². The summed E-state index contributed by atoms with van der Waals surface area (Å²) in [5.74, 6) is 0.953. The maximum absolute atomic E-state index is 12.5. The summed E-state index contributed by atoms with van der Waals surface area (Å²) < 4.78 is 10.8. The third-order valence-electron chi connectivity index (χ3n) is 3.93. The Hall–Kier alpha value is -3.24. The molecule has 1 heterocycles. The van der Waals surface area contributed by atoms with Gasteiger partial charge in [-0.1, -0.05) is 24.3 Å². The molecule has 7 heteroatoms. The molecule has 2 aromatic carbocycles. The van der Waals surface area contributed by atoms with Gasteiger partial charge in [-0.3, -0.25) is 14.5 Å². The van der Waals surface area contributed by atoms with Crippen LogP contribution in [-0.4, -0.2) is 35.8 Å². The average Bonchev–Trinajstić information content (AvgIpc) is 2.95. The molecule has 0 atom stereocenters. The number of carbonyl (C=O) groups is 2. The zero-order valence-corrected chi connectivity index (χ0v) is 16.1. The highest BCUT2D eigenvalue weighted by molar-refractivity contribution is 8.18. The van der Waals surface area contributed by atoms with Gasteiger partial charge in [-0.05, 0) is 60.2 Å². The van der Waals surface area contributed by atoms with Gasteiger partial charge in [0.25, 0.3) is 11.1 Å². The molecule has 0 bridgehead atoms. The SMILES string of the molecule is Cc1cccc(OCCN2C(=O)S/C(=C\c3ccc(OCC#N)cc3)C2=O)c1. The number of thioether (sulfide) groups is 1. The van der Waals surface area contributed by atoms with Crippen LogP contribution in [0.2, 0.25) is 0 Å². The van der Waals surface area contributed by atoms with E-state index in [0.29, 0.717) is 16.4 Å². The Kier molecular flexibility index (Phi) is 6.35. The lowest BCUT2D eigenvalue weighted by Gasteiger charge is -2.13. The van der Waals surface area contributed by atoms with Crippen molar-refractivity contribution in [2.75, 3.05) is 19.8 Å². The molecule has 1 fully saturated rings. The monoisotopic (exact) mass is 394 g/mol. The van der Waals surface area contributed by atoms with Crippen molar-refractivity contribution < 1.29 is 19.1 Å². The minimum Gasteiger partial charge on any atom is -0.492 e. The first-order chi connectivity index (χ1) is 13.6. The number of amides is 2. The fourth-order valence-electron chi connectivity index (χ4n) is 2.58. The number of aryl methyl sites for hydroxylation is 1. The largest absolute Gasteiger partial charge is 0.492 e. The highest BCUT2D eigenvalue weighted by Crippen LogP contribution is 2.32. The molecule has 0 radical (unpaired) electrons. The highest BCUT2D eigenvalue weighted by atomic mass is 32.2. The van der Waals surface area contributed by atoms with Gasteiger partial charge in [-0.15, -0.1) is 0 Å². The van der Waals surface area contributed by atoms with Crippen LogP contribution in [0.25, 0.3) is 6.08 Å². The van der Waals surface area contributed by atoms with Crippen molar-refractivity contribution >= 4 is 29.0 Å². The summed E-state index contributed by atoms with van der Waals surface area (Å²) in [6.07, 6.45) is 1.67. The molecule has 2 aromatic rings. The maximum Gasteiger partial charge on any atom is 0.293 e. The molecule has 0 aromatic heterocycles. The van der Waals surface area contributed by atoms with Crippen LogP contribution in [0.1, 0.15) is 11.1 Å². The molecule has 0 aliphatic carbocycles. The summed E-state index contributed by atoms with van der Waals surface area (Å²) in [4.78, 5) is 26.3. The lowest BCUT2D eigenvalue weighted by Crippen LogP contribution is -2.32. The van der Waals surface area contributed by atoms with Crippen LogP contribution in [0.3, 0.4) is 0 Å². The van der Waals surface area contributed by atoms with E-state index in [-0.39, 0.29) is 30.9 Å². The predicted octanol–water partition coefficient (Wildman–Crippen LogP) is 4.01. The van der Waals surface area contributed by atoms with Gasteiger partial charge >= 0.3 is 0 Å². The van der Waals surface area contributed by atoms with Crippen molar-refractivity contribution in [3.05, 3.63) is 64.6 Å². The van der Waals surface area contributed by atoms with Crippen molar-refractivity contribution in [2.24, 2.45) is 0 Å². The molecule has 3 rings (SSSR count). The molecule has 28 heavy (non-hydrogen) atoms. The number of hydrogen-bond donors (Lipinski definition) is 0. The van der Waals surface area contributed by atoms with Gasteiger partial charge in [0.2, 0.25) is 0 Å². The molecule has 1 saturated heterocycles. The third kappa shape index (κ3) is 4.93. The summed E-state index contributed by atoms with van der Waals surface area (Å²) >= 11 is 0.912. The van der Waals surface area contributed by atoms with Gasteiger partial charge in [-0.2, -0.15) is 5.26 Å². The smallest absolute Gasteiger partial charge is 0.293 e. The quantitative estimate of drug-likeness (QED) is 0.660. The van der Waals surface area contributed by atoms with Crippen molar-refractivity contribution in [2.45, 2.75) is 6.92 Å². The van der Waals surface area contributed by atoms with E-state index in [1.54, 1.807) is 30.3 Å². The van der Waals surface area contributed by atoms with Crippen molar-refractivity contribution in [1.29, 1.82) is 5.26 Å². The van der Waals surface area contributed by atoms with Gasteiger partial charge in [0.1, 0.15) is 24.2 Å². The summed E-state index contributed by atoms with van der Waals surface area (Å²) in [5.41, 5.74) is 1.85. The van der Waals surface area contributed by atoms with E-state index in [2.05, 4.69) is 0 Å².